The highest BCUT2D eigenvalue weighted by atomic mass is 32.1. The van der Waals surface area contributed by atoms with Crippen molar-refractivity contribution in [3.05, 3.63) is 15.8 Å². The molecular formula is C9H13NO3S. The summed E-state index contributed by atoms with van der Waals surface area (Å²) in [7, 11) is 0. The Morgan fingerprint density at radius 1 is 1.71 bits per heavy atom. The second-order valence-corrected chi connectivity index (χ2v) is 3.84. The van der Waals surface area contributed by atoms with Gasteiger partial charge in [0.2, 0.25) is 0 Å². The van der Waals surface area contributed by atoms with E-state index in [-0.39, 0.29) is 4.88 Å². The summed E-state index contributed by atoms with van der Waals surface area (Å²) in [4.78, 5) is 12.1. The number of carbonyl (C=O) groups is 1. The Labute approximate surface area is 86.3 Å². The van der Waals surface area contributed by atoms with Gasteiger partial charge >= 0.3 is 5.97 Å². The number of hydrogen-bond donors (Lipinski definition) is 2. The number of thiophene rings is 1. The third kappa shape index (κ3) is 2.46. The van der Waals surface area contributed by atoms with E-state index >= 15 is 0 Å². The number of aryl methyl sites for hydroxylation is 1. The molecule has 0 fully saturated rings. The van der Waals surface area contributed by atoms with Crippen LogP contribution in [-0.4, -0.2) is 24.2 Å². The van der Waals surface area contributed by atoms with Gasteiger partial charge < -0.3 is 15.6 Å². The summed E-state index contributed by atoms with van der Waals surface area (Å²) < 4.78 is 5.23. The van der Waals surface area contributed by atoms with Crippen LogP contribution in [0.3, 0.4) is 0 Å². The van der Waals surface area contributed by atoms with E-state index < -0.39 is 5.97 Å². The van der Waals surface area contributed by atoms with Gasteiger partial charge in [-0.15, -0.1) is 11.3 Å². The molecule has 0 aromatic carbocycles. The Morgan fingerprint density at radius 3 is 2.93 bits per heavy atom. The molecule has 0 bridgehead atoms. The molecule has 5 heteroatoms. The van der Waals surface area contributed by atoms with Crippen LogP contribution < -0.4 is 10.5 Å². The molecule has 14 heavy (non-hydrogen) atoms. The van der Waals surface area contributed by atoms with Crippen molar-refractivity contribution in [2.45, 2.75) is 13.3 Å². The summed E-state index contributed by atoms with van der Waals surface area (Å²) >= 11 is 1.25. The molecule has 1 aromatic rings. The molecule has 0 amide bonds. The Balaban J connectivity index is 2.88. The third-order valence-electron chi connectivity index (χ3n) is 1.67. The van der Waals surface area contributed by atoms with Crippen LogP contribution in [0.1, 0.15) is 21.5 Å². The molecular weight excluding hydrogens is 202 g/mol. The van der Waals surface area contributed by atoms with Crippen LogP contribution in [0.2, 0.25) is 0 Å². The summed E-state index contributed by atoms with van der Waals surface area (Å²) in [6.07, 6.45) is 0.816. The van der Waals surface area contributed by atoms with Crippen molar-refractivity contribution in [2.24, 2.45) is 5.73 Å². The van der Waals surface area contributed by atoms with E-state index in [1.54, 1.807) is 6.07 Å². The quantitative estimate of drug-likeness (QED) is 0.777. The van der Waals surface area contributed by atoms with E-state index in [2.05, 4.69) is 0 Å². The van der Waals surface area contributed by atoms with Crippen molar-refractivity contribution in [1.29, 1.82) is 0 Å². The van der Waals surface area contributed by atoms with Crippen molar-refractivity contribution in [3.63, 3.8) is 0 Å². The molecule has 1 rings (SSSR count). The summed E-state index contributed by atoms with van der Waals surface area (Å²) in [5.74, 6) is -0.508. The lowest BCUT2D eigenvalue weighted by Gasteiger charge is -2.01. The normalized spacial score (nSPS) is 10.1. The predicted octanol–water partition coefficient (Wildman–Crippen LogP) is 1.35. The molecule has 0 saturated heterocycles. The van der Waals surface area contributed by atoms with E-state index in [0.29, 0.717) is 18.9 Å². The Hall–Kier alpha value is -1.07. The minimum atomic E-state index is -0.943. The SMILES string of the molecule is CCc1cc(OCCN)c(C(=O)O)s1. The molecule has 0 aliphatic carbocycles. The minimum absolute atomic E-state index is 0.260. The summed E-state index contributed by atoms with van der Waals surface area (Å²) in [5, 5.41) is 8.87. The van der Waals surface area contributed by atoms with Crippen LogP contribution in [0.5, 0.6) is 5.75 Å². The molecule has 1 heterocycles. The maximum atomic E-state index is 10.8. The van der Waals surface area contributed by atoms with Crippen LogP contribution in [0.4, 0.5) is 0 Å². The molecule has 1 aromatic heterocycles. The fourth-order valence-electron chi connectivity index (χ4n) is 1.02. The number of hydrogen-bond acceptors (Lipinski definition) is 4. The molecule has 0 unspecified atom stereocenters. The lowest BCUT2D eigenvalue weighted by Crippen LogP contribution is -2.11. The topological polar surface area (TPSA) is 72.5 Å². The molecule has 4 nitrogen and oxygen atoms in total. The van der Waals surface area contributed by atoms with Gasteiger partial charge in [0.05, 0.1) is 0 Å². The largest absolute Gasteiger partial charge is 0.490 e. The van der Waals surface area contributed by atoms with E-state index in [0.717, 1.165) is 11.3 Å². The fraction of sp³-hybridized carbons (Fsp3) is 0.444. The lowest BCUT2D eigenvalue weighted by molar-refractivity contribution is 0.0698. The van der Waals surface area contributed by atoms with Crippen LogP contribution in [0.25, 0.3) is 0 Å². The third-order valence-corrected chi connectivity index (χ3v) is 2.92. The first-order chi connectivity index (χ1) is 6.69. The molecule has 0 aliphatic heterocycles. The minimum Gasteiger partial charge on any atom is -0.490 e. The van der Waals surface area contributed by atoms with Crippen molar-refractivity contribution >= 4 is 17.3 Å². The highest BCUT2D eigenvalue weighted by Crippen LogP contribution is 2.29. The second-order valence-electron chi connectivity index (χ2n) is 2.70. The molecule has 0 atom stereocenters. The van der Waals surface area contributed by atoms with E-state index in [1.165, 1.54) is 11.3 Å². The summed E-state index contributed by atoms with van der Waals surface area (Å²) in [6.45, 7) is 2.71. The van der Waals surface area contributed by atoms with Gasteiger partial charge in [-0.3, -0.25) is 0 Å². The van der Waals surface area contributed by atoms with Crippen molar-refractivity contribution < 1.29 is 14.6 Å². The Morgan fingerprint density at radius 2 is 2.43 bits per heavy atom. The Bertz CT molecular complexity index is 322. The van der Waals surface area contributed by atoms with Crippen LogP contribution in [0.15, 0.2) is 6.07 Å². The van der Waals surface area contributed by atoms with Gasteiger partial charge in [0.15, 0.2) is 4.88 Å². The molecule has 3 N–H and O–H groups in total. The summed E-state index contributed by atoms with van der Waals surface area (Å²) in [5.41, 5.74) is 5.27. The maximum absolute atomic E-state index is 10.8. The van der Waals surface area contributed by atoms with Gasteiger partial charge in [0.25, 0.3) is 0 Å². The molecule has 0 radical (unpaired) electrons. The highest BCUT2D eigenvalue weighted by Gasteiger charge is 2.15. The van der Waals surface area contributed by atoms with Gasteiger partial charge in [-0.2, -0.15) is 0 Å². The second kappa shape index (κ2) is 4.97. The van der Waals surface area contributed by atoms with Crippen LogP contribution in [-0.2, 0) is 6.42 Å². The maximum Gasteiger partial charge on any atom is 0.349 e. The molecule has 0 saturated carbocycles. The van der Waals surface area contributed by atoms with E-state index in [1.807, 2.05) is 6.92 Å². The van der Waals surface area contributed by atoms with Crippen LogP contribution >= 0.6 is 11.3 Å². The molecule has 78 valence electrons. The van der Waals surface area contributed by atoms with Crippen LogP contribution in [0, 0.1) is 0 Å². The van der Waals surface area contributed by atoms with Gasteiger partial charge in [-0.1, -0.05) is 6.92 Å². The van der Waals surface area contributed by atoms with Crippen molar-refractivity contribution in [3.8, 4) is 5.75 Å². The van der Waals surface area contributed by atoms with Gasteiger partial charge in [0, 0.05) is 11.4 Å². The Kier molecular flexibility index (Phi) is 3.91. The molecule has 0 spiro atoms. The van der Waals surface area contributed by atoms with Crippen molar-refractivity contribution in [2.75, 3.05) is 13.2 Å². The summed E-state index contributed by atoms with van der Waals surface area (Å²) in [6, 6.07) is 1.77. The number of ether oxygens (including phenoxy) is 1. The standard InChI is InChI=1S/C9H13NO3S/c1-2-6-5-7(13-4-3-10)8(14-6)9(11)12/h5H,2-4,10H2,1H3,(H,11,12). The highest BCUT2D eigenvalue weighted by molar-refractivity contribution is 7.14. The van der Waals surface area contributed by atoms with Crippen molar-refractivity contribution in [1.82, 2.24) is 0 Å². The van der Waals surface area contributed by atoms with E-state index in [4.69, 9.17) is 15.6 Å². The van der Waals surface area contributed by atoms with Gasteiger partial charge in [-0.25, -0.2) is 4.79 Å². The lowest BCUT2D eigenvalue weighted by atomic mass is 10.3. The number of nitrogens with two attached hydrogens (primary N) is 1. The monoisotopic (exact) mass is 215 g/mol. The predicted molar refractivity (Wildman–Crippen MR) is 55.2 cm³/mol. The van der Waals surface area contributed by atoms with E-state index in [9.17, 15) is 4.79 Å². The first-order valence-corrected chi connectivity index (χ1v) is 5.19. The zero-order valence-electron chi connectivity index (χ0n) is 7.95. The number of rotatable bonds is 5. The fourth-order valence-corrected chi connectivity index (χ4v) is 1.90. The number of carboxylic acid groups (broad SMARTS) is 1. The van der Waals surface area contributed by atoms with Gasteiger partial charge in [-0.05, 0) is 12.5 Å². The number of aromatic carboxylic acids is 1. The smallest absolute Gasteiger partial charge is 0.349 e. The zero-order valence-corrected chi connectivity index (χ0v) is 8.76. The van der Waals surface area contributed by atoms with Gasteiger partial charge in [0.1, 0.15) is 12.4 Å². The average Bonchev–Trinajstić information content (AvgIpc) is 2.58. The zero-order chi connectivity index (χ0) is 10.6. The average molecular weight is 215 g/mol. The number of carboxylic acids is 1. The first kappa shape index (κ1) is 11.0. The first-order valence-electron chi connectivity index (χ1n) is 4.38. The molecule has 0 aliphatic rings.